The average Bonchev–Trinajstić information content (AvgIpc) is 2.37. The number of esters is 2. The van der Waals surface area contributed by atoms with Crippen molar-refractivity contribution in [2.45, 2.75) is 0 Å². The van der Waals surface area contributed by atoms with Gasteiger partial charge in [-0.25, -0.2) is 9.59 Å². The lowest BCUT2D eigenvalue weighted by Gasteiger charge is -2.06. The Labute approximate surface area is 115 Å². The number of carbonyl (C=O) groups excluding carboxylic acids is 2. The van der Waals surface area contributed by atoms with Gasteiger partial charge >= 0.3 is 11.9 Å². The first-order valence-corrected chi connectivity index (χ1v) is 6.40. The summed E-state index contributed by atoms with van der Waals surface area (Å²) >= 11 is 10.7. The number of ether oxygens (including phenoxy) is 4. The predicted molar refractivity (Wildman–Crippen MR) is 65.0 cm³/mol. The number of carbonyl (C=O) groups is 2. The minimum absolute atomic E-state index is 0.0203. The lowest BCUT2D eigenvalue weighted by molar-refractivity contribution is -0.169. The maximum atomic E-state index is 11.1. The van der Waals surface area contributed by atoms with Gasteiger partial charge in [0.1, 0.15) is 13.2 Å². The molecule has 8 heteroatoms. The Morgan fingerprint density at radius 2 is 1.06 bits per heavy atom. The van der Waals surface area contributed by atoms with Crippen LogP contribution in [0.2, 0.25) is 0 Å². The van der Waals surface area contributed by atoms with Crippen LogP contribution < -0.4 is 0 Å². The molecule has 0 bridgehead atoms. The molecule has 0 aliphatic carbocycles. The first-order chi connectivity index (χ1) is 8.72. The molecule has 0 heterocycles. The maximum Gasteiger partial charge on any atom is 0.417 e. The van der Waals surface area contributed by atoms with E-state index in [-0.39, 0.29) is 26.4 Å². The van der Waals surface area contributed by atoms with Crippen LogP contribution in [0, 0.1) is 0 Å². The highest BCUT2D eigenvalue weighted by molar-refractivity contribution is 6.29. The van der Waals surface area contributed by atoms with Gasteiger partial charge in [0.05, 0.1) is 26.4 Å². The quantitative estimate of drug-likeness (QED) is 0.254. The van der Waals surface area contributed by atoms with Gasteiger partial charge in [-0.05, 0) is 0 Å². The van der Waals surface area contributed by atoms with Crippen molar-refractivity contribution in [3.63, 3.8) is 0 Å². The number of hydrogen-bond donors (Lipinski definition) is 0. The minimum Gasteiger partial charge on any atom is -0.455 e. The normalized spacial score (nSPS) is 10.1. The summed E-state index contributed by atoms with van der Waals surface area (Å²) in [5, 5.41) is 0. The zero-order valence-electron chi connectivity index (χ0n) is 9.86. The van der Waals surface area contributed by atoms with E-state index in [0.29, 0.717) is 25.0 Å². The molecule has 106 valence electrons. The Morgan fingerprint density at radius 1 is 0.667 bits per heavy atom. The predicted octanol–water partition coefficient (Wildman–Crippen LogP) is 0.584. The smallest absolute Gasteiger partial charge is 0.417 e. The first-order valence-electron chi connectivity index (χ1n) is 5.33. The van der Waals surface area contributed by atoms with Crippen molar-refractivity contribution in [1.29, 1.82) is 0 Å². The Balaban J connectivity index is 3.43. The van der Waals surface area contributed by atoms with E-state index < -0.39 is 11.9 Å². The molecule has 18 heavy (non-hydrogen) atoms. The summed E-state index contributed by atoms with van der Waals surface area (Å²) in [4.78, 5) is 22.1. The van der Waals surface area contributed by atoms with Crippen LogP contribution in [-0.2, 0) is 28.5 Å². The van der Waals surface area contributed by atoms with Gasteiger partial charge in [0, 0.05) is 11.8 Å². The third-order valence-corrected chi connectivity index (χ3v) is 1.84. The summed E-state index contributed by atoms with van der Waals surface area (Å²) in [5.74, 6) is -1.39. The zero-order valence-corrected chi connectivity index (χ0v) is 11.4. The second-order valence-electron chi connectivity index (χ2n) is 2.87. The molecule has 0 fully saturated rings. The Bertz CT molecular complexity index is 212. The van der Waals surface area contributed by atoms with Crippen molar-refractivity contribution in [1.82, 2.24) is 0 Å². The van der Waals surface area contributed by atoms with Crippen molar-refractivity contribution in [2.75, 3.05) is 51.4 Å². The molecule has 0 saturated heterocycles. The molecule has 0 aromatic heterocycles. The first kappa shape index (κ1) is 17.4. The molecule has 0 atom stereocenters. The van der Waals surface area contributed by atoms with E-state index in [1.54, 1.807) is 0 Å². The van der Waals surface area contributed by atoms with Gasteiger partial charge in [-0.3, -0.25) is 0 Å². The van der Waals surface area contributed by atoms with Crippen molar-refractivity contribution < 1.29 is 28.5 Å². The van der Waals surface area contributed by atoms with Crippen molar-refractivity contribution in [3.05, 3.63) is 0 Å². The second-order valence-corrected chi connectivity index (χ2v) is 3.63. The minimum atomic E-state index is -1.05. The zero-order chi connectivity index (χ0) is 13.6. The maximum absolute atomic E-state index is 11.1. The van der Waals surface area contributed by atoms with E-state index >= 15 is 0 Å². The van der Waals surface area contributed by atoms with Crippen molar-refractivity contribution in [3.8, 4) is 0 Å². The Morgan fingerprint density at radius 3 is 1.39 bits per heavy atom. The summed E-state index contributed by atoms with van der Waals surface area (Å²) in [6, 6.07) is 0. The number of rotatable bonds is 10. The molecule has 6 nitrogen and oxygen atoms in total. The third-order valence-electron chi connectivity index (χ3n) is 1.53. The third kappa shape index (κ3) is 10.6. The van der Waals surface area contributed by atoms with Crippen molar-refractivity contribution >= 4 is 35.1 Å². The molecule has 0 unspecified atom stereocenters. The van der Waals surface area contributed by atoms with Crippen LogP contribution in [-0.4, -0.2) is 63.3 Å². The van der Waals surface area contributed by atoms with Gasteiger partial charge in [0.2, 0.25) is 0 Å². The van der Waals surface area contributed by atoms with Gasteiger partial charge < -0.3 is 18.9 Å². The summed E-state index contributed by atoms with van der Waals surface area (Å²) in [6.45, 7) is 1.05. The highest BCUT2D eigenvalue weighted by Gasteiger charge is 2.16. The molecule has 0 N–H and O–H groups in total. The molecular weight excluding hydrogens is 287 g/mol. The molecule has 0 saturated carbocycles. The van der Waals surface area contributed by atoms with Gasteiger partial charge in [0.15, 0.2) is 0 Å². The van der Waals surface area contributed by atoms with Crippen LogP contribution in [0.15, 0.2) is 0 Å². The lowest BCUT2D eigenvalue weighted by atomic mass is 10.6. The fourth-order valence-corrected chi connectivity index (χ4v) is 1.04. The topological polar surface area (TPSA) is 71.1 Å². The summed E-state index contributed by atoms with van der Waals surface area (Å²) < 4.78 is 19.1. The second kappa shape index (κ2) is 12.9. The molecular formula is C10H16Cl2O6. The number of hydrogen-bond acceptors (Lipinski definition) is 6. The SMILES string of the molecule is O=C(OCCOCCCl)C(=O)OCCOCCCl. The van der Waals surface area contributed by atoms with Gasteiger partial charge in [-0.2, -0.15) is 0 Å². The van der Waals surface area contributed by atoms with E-state index in [1.807, 2.05) is 0 Å². The largest absolute Gasteiger partial charge is 0.455 e. The van der Waals surface area contributed by atoms with Crippen LogP contribution in [0.4, 0.5) is 0 Å². The van der Waals surface area contributed by atoms with E-state index in [0.717, 1.165) is 0 Å². The Kier molecular flexibility index (Phi) is 12.5. The lowest BCUT2D eigenvalue weighted by Crippen LogP contribution is -2.23. The average molecular weight is 303 g/mol. The van der Waals surface area contributed by atoms with Crippen molar-refractivity contribution in [2.24, 2.45) is 0 Å². The van der Waals surface area contributed by atoms with Gasteiger partial charge in [-0.1, -0.05) is 0 Å². The van der Waals surface area contributed by atoms with E-state index in [9.17, 15) is 9.59 Å². The fourth-order valence-electron chi connectivity index (χ4n) is 0.818. The number of halogens is 2. The summed E-state index contributed by atoms with van der Waals surface area (Å²) in [7, 11) is 0. The summed E-state index contributed by atoms with van der Waals surface area (Å²) in [5.41, 5.74) is 0. The molecule has 0 aliphatic rings. The molecule has 0 aliphatic heterocycles. The van der Waals surface area contributed by atoms with E-state index in [4.69, 9.17) is 32.7 Å². The Hall–Kier alpha value is -0.560. The van der Waals surface area contributed by atoms with Crippen LogP contribution >= 0.6 is 23.2 Å². The molecule has 0 aromatic carbocycles. The van der Waals surface area contributed by atoms with E-state index in [2.05, 4.69) is 9.47 Å². The highest BCUT2D eigenvalue weighted by atomic mass is 35.5. The monoisotopic (exact) mass is 302 g/mol. The van der Waals surface area contributed by atoms with Crippen LogP contribution in [0.3, 0.4) is 0 Å². The molecule has 0 spiro atoms. The van der Waals surface area contributed by atoms with Crippen LogP contribution in [0.1, 0.15) is 0 Å². The van der Waals surface area contributed by atoms with Crippen LogP contribution in [0.5, 0.6) is 0 Å². The van der Waals surface area contributed by atoms with E-state index in [1.165, 1.54) is 0 Å². The molecule has 0 aromatic rings. The standard InChI is InChI=1S/C10H16Cl2O6/c11-1-3-15-5-7-17-9(13)10(14)18-8-6-16-4-2-12/h1-8H2. The fraction of sp³-hybridized carbons (Fsp3) is 0.800. The molecule has 0 rings (SSSR count). The van der Waals surface area contributed by atoms with Gasteiger partial charge in [0.25, 0.3) is 0 Å². The molecule has 0 amide bonds. The van der Waals surface area contributed by atoms with Crippen LogP contribution in [0.25, 0.3) is 0 Å². The highest BCUT2D eigenvalue weighted by Crippen LogP contribution is 1.88. The number of alkyl halides is 2. The molecule has 0 radical (unpaired) electrons. The summed E-state index contributed by atoms with van der Waals surface area (Å²) in [6.07, 6.45) is 0. The van der Waals surface area contributed by atoms with Gasteiger partial charge in [-0.15, -0.1) is 23.2 Å².